The van der Waals surface area contributed by atoms with E-state index in [1.165, 1.54) is 57.3 Å². The molecule has 0 aliphatic carbocycles. The molecule has 11 aromatic rings. The molecule has 0 amide bonds. The number of imidazole rings is 1. The van der Waals surface area contributed by atoms with Crippen molar-refractivity contribution in [2.45, 2.75) is 0 Å². The molecule has 0 aliphatic rings. The van der Waals surface area contributed by atoms with Gasteiger partial charge in [-0.3, -0.25) is 0 Å². The summed E-state index contributed by atoms with van der Waals surface area (Å²) in [6, 6.07) is 47.8. The van der Waals surface area contributed by atoms with Gasteiger partial charge in [-0.05, 0) is 35.0 Å². The normalized spacial score (nSPS) is 12.3. The number of aromatic nitrogens is 4. The Bertz CT molecular complexity index is 3030. The molecule has 0 saturated carbocycles. The van der Waals surface area contributed by atoms with Crippen LogP contribution >= 0.6 is 22.7 Å². The Kier molecular flexibility index (Phi) is 4.84. The van der Waals surface area contributed by atoms with Crippen LogP contribution in [0.15, 0.2) is 133 Å². The van der Waals surface area contributed by atoms with E-state index >= 15 is 0 Å². The van der Waals surface area contributed by atoms with Crippen LogP contribution in [0.2, 0.25) is 0 Å². The van der Waals surface area contributed by atoms with E-state index in [9.17, 15) is 0 Å². The average Bonchev–Trinajstić information content (AvgIpc) is 3.86. The quantitative estimate of drug-likeness (QED) is 0.192. The number of fused-ring (bicyclic) bond motifs is 15. The van der Waals surface area contributed by atoms with Crippen molar-refractivity contribution < 1.29 is 0 Å². The van der Waals surface area contributed by atoms with Crippen molar-refractivity contribution in [1.82, 2.24) is 19.2 Å². The van der Waals surface area contributed by atoms with Gasteiger partial charge in [-0.25, -0.2) is 9.50 Å². The summed E-state index contributed by atoms with van der Waals surface area (Å²) in [7, 11) is 0. The van der Waals surface area contributed by atoms with Gasteiger partial charge in [0, 0.05) is 41.9 Å². The Hall–Kier alpha value is -5.56. The third kappa shape index (κ3) is 3.17. The summed E-state index contributed by atoms with van der Waals surface area (Å²) in [6.45, 7) is 0. The lowest BCUT2D eigenvalue weighted by molar-refractivity contribution is 0.962. The van der Waals surface area contributed by atoms with Crippen molar-refractivity contribution in [3.8, 4) is 16.9 Å². The van der Waals surface area contributed by atoms with E-state index in [0.29, 0.717) is 0 Å². The fraction of sp³-hybridized carbons (Fsp3) is 0. The average molecular weight is 623 g/mol. The first-order valence-electron chi connectivity index (χ1n) is 15.4. The zero-order valence-electron chi connectivity index (χ0n) is 24.3. The van der Waals surface area contributed by atoms with Crippen molar-refractivity contribution in [2.75, 3.05) is 0 Å². The maximum Gasteiger partial charge on any atom is 0.180 e. The number of benzene rings is 6. The topological polar surface area (TPSA) is 35.1 Å². The Morgan fingerprint density at radius 1 is 0.543 bits per heavy atom. The van der Waals surface area contributed by atoms with E-state index < -0.39 is 0 Å². The van der Waals surface area contributed by atoms with Crippen LogP contribution in [-0.2, 0) is 0 Å². The van der Waals surface area contributed by atoms with Crippen molar-refractivity contribution in [3.63, 3.8) is 0 Å². The highest BCUT2D eigenvalue weighted by molar-refractivity contribution is 7.27. The van der Waals surface area contributed by atoms with Gasteiger partial charge in [-0.2, -0.15) is 5.10 Å². The first-order chi connectivity index (χ1) is 22.8. The molecule has 0 unspecified atom stereocenters. The zero-order chi connectivity index (χ0) is 29.9. The lowest BCUT2D eigenvalue weighted by Gasteiger charge is -2.13. The second kappa shape index (κ2) is 9.01. The Morgan fingerprint density at radius 3 is 1.98 bits per heavy atom. The fourth-order valence-electron chi connectivity index (χ4n) is 7.40. The monoisotopic (exact) mass is 622 g/mol. The number of para-hydroxylation sites is 1. The fourth-order valence-corrected chi connectivity index (χ4v) is 9.75. The van der Waals surface area contributed by atoms with E-state index in [2.05, 4.69) is 143 Å². The van der Waals surface area contributed by atoms with Gasteiger partial charge in [0.05, 0.1) is 27.1 Å². The van der Waals surface area contributed by atoms with E-state index in [4.69, 9.17) is 10.1 Å². The van der Waals surface area contributed by atoms with Crippen molar-refractivity contribution in [3.05, 3.63) is 133 Å². The van der Waals surface area contributed by atoms with Crippen LogP contribution in [-0.4, -0.2) is 19.2 Å². The molecule has 4 nitrogen and oxygen atoms in total. The molecule has 5 heterocycles. The number of nitrogens with zero attached hydrogens (tertiary/aromatic N) is 4. The van der Waals surface area contributed by atoms with Gasteiger partial charge < -0.3 is 4.57 Å². The second-order valence-electron chi connectivity index (χ2n) is 11.8. The summed E-state index contributed by atoms with van der Waals surface area (Å²) in [5.41, 5.74) is 7.26. The molecular weight excluding hydrogens is 601 g/mol. The minimum atomic E-state index is 0.858. The van der Waals surface area contributed by atoms with Crippen LogP contribution in [0.1, 0.15) is 0 Å². The summed E-state index contributed by atoms with van der Waals surface area (Å²) in [5.74, 6) is 0. The van der Waals surface area contributed by atoms with Gasteiger partial charge in [0.2, 0.25) is 0 Å². The third-order valence-electron chi connectivity index (χ3n) is 9.33. The van der Waals surface area contributed by atoms with E-state index in [0.717, 1.165) is 38.5 Å². The summed E-state index contributed by atoms with van der Waals surface area (Å²) >= 11 is 3.64. The number of hydrogen-bond donors (Lipinski definition) is 0. The maximum atomic E-state index is 5.39. The summed E-state index contributed by atoms with van der Waals surface area (Å²) in [6.07, 6.45) is 0. The lowest BCUT2D eigenvalue weighted by Crippen LogP contribution is -2.03. The molecule has 0 spiro atoms. The van der Waals surface area contributed by atoms with Crippen LogP contribution in [0.3, 0.4) is 0 Å². The van der Waals surface area contributed by atoms with Gasteiger partial charge in [-0.15, -0.1) is 22.7 Å². The van der Waals surface area contributed by atoms with Gasteiger partial charge in [0.1, 0.15) is 10.3 Å². The summed E-state index contributed by atoms with van der Waals surface area (Å²) in [4.78, 5) is 6.45. The number of rotatable bonds is 2. The smallest absolute Gasteiger partial charge is 0.180 e. The van der Waals surface area contributed by atoms with Gasteiger partial charge >= 0.3 is 0 Å². The molecular formula is C40H22N4S2. The molecule has 214 valence electrons. The molecule has 0 radical (unpaired) electrons. The van der Waals surface area contributed by atoms with Crippen LogP contribution in [0, 0.1) is 0 Å². The minimum Gasteiger partial charge on any atom is -0.304 e. The van der Waals surface area contributed by atoms with Gasteiger partial charge in [0.25, 0.3) is 0 Å². The Labute approximate surface area is 270 Å². The molecule has 5 aromatic heterocycles. The minimum absolute atomic E-state index is 0.858. The zero-order valence-corrected chi connectivity index (χ0v) is 25.9. The molecule has 6 heteroatoms. The lowest BCUT2D eigenvalue weighted by atomic mass is 9.99. The molecule has 0 atom stereocenters. The van der Waals surface area contributed by atoms with E-state index in [-0.39, 0.29) is 0 Å². The van der Waals surface area contributed by atoms with Crippen LogP contribution in [0.4, 0.5) is 0 Å². The van der Waals surface area contributed by atoms with Gasteiger partial charge in [-0.1, -0.05) is 109 Å². The Morgan fingerprint density at radius 2 is 1.17 bits per heavy atom. The van der Waals surface area contributed by atoms with E-state index in [1.54, 1.807) is 11.3 Å². The largest absolute Gasteiger partial charge is 0.304 e. The second-order valence-corrected chi connectivity index (χ2v) is 13.9. The van der Waals surface area contributed by atoms with Crippen LogP contribution < -0.4 is 0 Å². The molecule has 0 aliphatic heterocycles. The molecule has 46 heavy (non-hydrogen) atoms. The molecule has 11 rings (SSSR count). The predicted molar refractivity (Wildman–Crippen MR) is 196 cm³/mol. The Balaban J connectivity index is 1.41. The SMILES string of the molecule is c1ccc(-c2cc(-n3c4ccccc4c4c5ccccc5c5c6ccccc6sc5c43)c3nc4c5ccccc5sc4n3n2)cc1. The molecule has 0 saturated heterocycles. The summed E-state index contributed by atoms with van der Waals surface area (Å²) < 4.78 is 8.36. The summed E-state index contributed by atoms with van der Waals surface area (Å²) in [5, 5.41) is 14.1. The molecule has 0 fully saturated rings. The van der Waals surface area contributed by atoms with E-state index in [1.807, 2.05) is 11.3 Å². The third-order valence-corrected chi connectivity index (χ3v) is 11.6. The molecule has 0 N–H and O–H groups in total. The standard InChI is InChI=1S/C40H22N4S2/c1-2-12-23(13-3-1)29-22-31(39-41-36-28-18-8-11-21-33(28)46-40(36)44(39)42-29)43-30-19-9-6-16-26(30)34-24-14-4-5-15-25(24)35-27-17-7-10-20-32(27)45-38(35)37(34)43/h1-22H. The first kappa shape index (κ1) is 24.7. The highest BCUT2D eigenvalue weighted by atomic mass is 32.1. The van der Waals surface area contributed by atoms with Crippen molar-refractivity contribution in [2.24, 2.45) is 0 Å². The van der Waals surface area contributed by atoms with Gasteiger partial charge in [0.15, 0.2) is 5.65 Å². The van der Waals surface area contributed by atoms with Crippen molar-refractivity contribution in [1.29, 1.82) is 0 Å². The highest BCUT2D eigenvalue weighted by Gasteiger charge is 2.25. The molecule has 6 aromatic carbocycles. The number of hydrogen-bond acceptors (Lipinski definition) is 4. The predicted octanol–water partition coefficient (Wildman–Crippen LogP) is 11.4. The van der Waals surface area contributed by atoms with Crippen molar-refractivity contribution >= 4 is 102 Å². The van der Waals surface area contributed by atoms with Crippen LogP contribution in [0.5, 0.6) is 0 Å². The first-order valence-corrected chi connectivity index (χ1v) is 17.0. The highest BCUT2D eigenvalue weighted by Crippen LogP contribution is 2.48. The van der Waals surface area contributed by atoms with Crippen LogP contribution in [0.25, 0.3) is 95.8 Å². The maximum absolute atomic E-state index is 5.39. The molecule has 0 bridgehead atoms. The number of thiophene rings is 2.